The van der Waals surface area contributed by atoms with Crippen LogP contribution in [0.1, 0.15) is 43.0 Å². The lowest BCUT2D eigenvalue weighted by molar-refractivity contribution is 0.0952. The molecule has 1 aromatic carbocycles. The maximum Gasteiger partial charge on any atom is 0.251 e. The summed E-state index contributed by atoms with van der Waals surface area (Å²) in [4.78, 5) is 24.7. The van der Waals surface area contributed by atoms with E-state index in [4.69, 9.17) is 9.97 Å². The van der Waals surface area contributed by atoms with Crippen LogP contribution < -0.4 is 10.2 Å². The molecule has 2 aliphatic heterocycles. The number of anilines is 1. The summed E-state index contributed by atoms with van der Waals surface area (Å²) in [5.41, 5.74) is 1.19. The number of fused-ring (bicyclic) bond motifs is 1. The van der Waals surface area contributed by atoms with Gasteiger partial charge in [0.05, 0.1) is 23.0 Å². The molecule has 36 heavy (non-hydrogen) atoms. The number of thioether (sulfide) groups is 1. The summed E-state index contributed by atoms with van der Waals surface area (Å²) in [5, 5.41) is 9.10. The van der Waals surface area contributed by atoms with Gasteiger partial charge in [0, 0.05) is 38.3 Å². The second-order valence-corrected chi connectivity index (χ2v) is 12.1. The molecule has 1 amide bonds. The highest BCUT2D eigenvalue weighted by molar-refractivity contribution is 7.99. The summed E-state index contributed by atoms with van der Waals surface area (Å²) in [5.74, 6) is 1.56. The van der Waals surface area contributed by atoms with Gasteiger partial charge in [0.2, 0.25) is 10.0 Å². The SMILES string of the molecule is CCSc1nc(N2CCCC2)c2cnn(CCNC(=O)c3ccc(S(=O)(=O)N4CCCC4)cc3)c2n1. The number of nitrogens with one attached hydrogen (secondary N) is 1. The maximum atomic E-state index is 12.7. The van der Waals surface area contributed by atoms with Gasteiger partial charge in [-0.2, -0.15) is 9.40 Å². The summed E-state index contributed by atoms with van der Waals surface area (Å²) in [7, 11) is -3.49. The monoisotopic (exact) mass is 529 g/mol. The van der Waals surface area contributed by atoms with Crippen LogP contribution in [-0.4, -0.2) is 76.9 Å². The number of carbonyl (C=O) groups is 1. The van der Waals surface area contributed by atoms with Crippen molar-refractivity contribution in [1.29, 1.82) is 0 Å². The van der Waals surface area contributed by atoms with Crippen LogP contribution in [0.25, 0.3) is 11.0 Å². The number of carbonyl (C=O) groups excluding carboxylic acids is 1. The fourth-order valence-corrected chi connectivity index (χ4v) is 6.76. The maximum absolute atomic E-state index is 12.7. The summed E-state index contributed by atoms with van der Waals surface area (Å²) in [6.45, 7) is 5.98. The van der Waals surface area contributed by atoms with Crippen molar-refractivity contribution in [2.24, 2.45) is 0 Å². The highest BCUT2D eigenvalue weighted by Gasteiger charge is 2.27. The van der Waals surface area contributed by atoms with Crippen molar-refractivity contribution in [3.63, 3.8) is 0 Å². The molecule has 3 aromatic rings. The third-order valence-corrected chi connectivity index (χ3v) is 9.21. The molecule has 2 aliphatic rings. The van der Waals surface area contributed by atoms with E-state index in [0.29, 0.717) is 31.7 Å². The first kappa shape index (κ1) is 25.0. The predicted molar refractivity (Wildman–Crippen MR) is 140 cm³/mol. The molecule has 0 atom stereocenters. The third-order valence-electron chi connectivity index (χ3n) is 6.56. The fraction of sp³-hybridized carbons (Fsp3) is 0.500. The lowest BCUT2D eigenvalue weighted by Crippen LogP contribution is -2.29. The van der Waals surface area contributed by atoms with Crippen LogP contribution in [0.4, 0.5) is 5.82 Å². The molecule has 1 N–H and O–H groups in total. The van der Waals surface area contributed by atoms with E-state index in [9.17, 15) is 13.2 Å². The molecule has 0 saturated carbocycles. The Morgan fingerprint density at radius 2 is 1.72 bits per heavy atom. The topological polar surface area (TPSA) is 113 Å². The Bertz CT molecular complexity index is 1330. The zero-order valence-electron chi connectivity index (χ0n) is 20.4. The second-order valence-electron chi connectivity index (χ2n) is 8.95. The number of hydrogen-bond donors (Lipinski definition) is 1. The molecule has 0 bridgehead atoms. The second kappa shape index (κ2) is 10.7. The molecule has 2 aromatic heterocycles. The smallest absolute Gasteiger partial charge is 0.251 e. The molecule has 0 spiro atoms. The van der Waals surface area contributed by atoms with E-state index in [2.05, 4.69) is 22.2 Å². The minimum Gasteiger partial charge on any atom is -0.356 e. The zero-order chi connectivity index (χ0) is 25.1. The summed E-state index contributed by atoms with van der Waals surface area (Å²) >= 11 is 1.61. The van der Waals surface area contributed by atoms with Crippen molar-refractivity contribution in [1.82, 2.24) is 29.4 Å². The van der Waals surface area contributed by atoms with E-state index < -0.39 is 10.0 Å². The largest absolute Gasteiger partial charge is 0.356 e. The highest BCUT2D eigenvalue weighted by atomic mass is 32.2. The third kappa shape index (κ3) is 5.07. The van der Waals surface area contributed by atoms with Crippen LogP contribution in [0.2, 0.25) is 0 Å². The number of benzene rings is 1. The Morgan fingerprint density at radius 1 is 1.03 bits per heavy atom. The van der Waals surface area contributed by atoms with Gasteiger partial charge in [-0.25, -0.2) is 23.1 Å². The van der Waals surface area contributed by atoms with E-state index >= 15 is 0 Å². The van der Waals surface area contributed by atoms with Gasteiger partial charge in [-0.1, -0.05) is 18.7 Å². The molecular formula is C24H31N7O3S2. The molecule has 0 radical (unpaired) electrons. The first-order chi connectivity index (χ1) is 17.5. The Morgan fingerprint density at radius 3 is 2.42 bits per heavy atom. The van der Waals surface area contributed by atoms with Gasteiger partial charge in [-0.3, -0.25) is 4.79 Å². The summed E-state index contributed by atoms with van der Waals surface area (Å²) < 4.78 is 28.7. The Hall–Kier alpha value is -2.70. The van der Waals surface area contributed by atoms with Gasteiger partial charge in [-0.05, 0) is 55.7 Å². The highest BCUT2D eigenvalue weighted by Crippen LogP contribution is 2.29. The molecule has 0 unspecified atom stereocenters. The average molecular weight is 530 g/mol. The van der Waals surface area contributed by atoms with Crippen LogP contribution in [0.3, 0.4) is 0 Å². The predicted octanol–water partition coefficient (Wildman–Crippen LogP) is 2.75. The number of aromatic nitrogens is 4. The van der Waals surface area contributed by atoms with Gasteiger partial charge in [0.1, 0.15) is 5.82 Å². The molecule has 10 nitrogen and oxygen atoms in total. The molecule has 2 saturated heterocycles. The van der Waals surface area contributed by atoms with Crippen LogP contribution in [0, 0.1) is 0 Å². The first-order valence-corrected chi connectivity index (χ1v) is 14.9. The molecule has 12 heteroatoms. The normalized spacial score (nSPS) is 16.8. The Labute approximate surface area is 215 Å². The van der Waals surface area contributed by atoms with Crippen molar-refractivity contribution in [3.05, 3.63) is 36.0 Å². The number of nitrogens with zero attached hydrogens (tertiary/aromatic N) is 6. The van der Waals surface area contributed by atoms with E-state index in [1.54, 1.807) is 23.9 Å². The Balaban J connectivity index is 1.25. The first-order valence-electron chi connectivity index (χ1n) is 12.5. The number of amides is 1. The van der Waals surface area contributed by atoms with Crippen LogP contribution in [0.15, 0.2) is 40.5 Å². The van der Waals surface area contributed by atoms with Crippen molar-refractivity contribution < 1.29 is 13.2 Å². The van der Waals surface area contributed by atoms with Crippen molar-refractivity contribution >= 4 is 44.5 Å². The Kier molecular flexibility index (Phi) is 7.44. The lowest BCUT2D eigenvalue weighted by Gasteiger charge is -2.17. The summed E-state index contributed by atoms with van der Waals surface area (Å²) in [6.07, 6.45) is 5.90. The van der Waals surface area contributed by atoms with Gasteiger partial charge < -0.3 is 10.2 Å². The average Bonchev–Trinajstić information content (AvgIpc) is 3.67. The summed E-state index contributed by atoms with van der Waals surface area (Å²) in [6, 6.07) is 6.14. The van der Waals surface area contributed by atoms with Crippen molar-refractivity contribution in [2.75, 3.05) is 43.4 Å². The fourth-order valence-electron chi connectivity index (χ4n) is 4.68. The minimum absolute atomic E-state index is 0.221. The van der Waals surface area contributed by atoms with E-state index in [1.165, 1.54) is 16.4 Å². The van der Waals surface area contributed by atoms with Crippen LogP contribution >= 0.6 is 11.8 Å². The van der Waals surface area contributed by atoms with Gasteiger partial charge >= 0.3 is 0 Å². The van der Waals surface area contributed by atoms with E-state index in [-0.39, 0.29) is 10.8 Å². The van der Waals surface area contributed by atoms with Crippen molar-refractivity contribution in [3.8, 4) is 0 Å². The zero-order valence-corrected chi connectivity index (χ0v) is 22.0. The van der Waals surface area contributed by atoms with Gasteiger partial charge in [0.25, 0.3) is 5.91 Å². The van der Waals surface area contributed by atoms with E-state index in [0.717, 1.165) is 66.5 Å². The van der Waals surface area contributed by atoms with Crippen LogP contribution in [-0.2, 0) is 16.6 Å². The molecule has 2 fully saturated rings. The molecular weight excluding hydrogens is 498 g/mol. The number of hydrogen-bond acceptors (Lipinski definition) is 8. The minimum atomic E-state index is -3.49. The van der Waals surface area contributed by atoms with Gasteiger partial charge in [-0.15, -0.1) is 0 Å². The van der Waals surface area contributed by atoms with Crippen molar-refractivity contribution in [2.45, 2.75) is 49.2 Å². The molecule has 5 rings (SSSR count). The van der Waals surface area contributed by atoms with Crippen LogP contribution in [0.5, 0.6) is 0 Å². The molecule has 0 aliphatic carbocycles. The van der Waals surface area contributed by atoms with E-state index in [1.807, 2.05) is 10.9 Å². The lowest BCUT2D eigenvalue weighted by atomic mass is 10.2. The number of rotatable bonds is 9. The standard InChI is InChI=1S/C24H31N7O3S2/c1-2-35-24-27-21(29-12-3-4-13-29)20-17-26-31(22(20)28-24)16-11-25-23(32)18-7-9-19(10-8-18)36(33,34)30-14-5-6-15-30/h7-10,17H,2-6,11-16H2,1H3,(H,25,32). The number of sulfonamides is 1. The quantitative estimate of drug-likeness (QED) is 0.333. The molecule has 192 valence electrons. The van der Waals surface area contributed by atoms with Gasteiger partial charge in [0.15, 0.2) is 10.8 Å². The molecule has 4 heterocycles.